The zero-order valence-corrected chi connectivity index (χ0v) is 15.2. The van der Waals surface area contributed by atoms with Crippen LogP contribution in [-0.4, -0.2) is 9.55 Å². The molecule has 0 radical (unpaired) electrons. The summed E-state index contributed by atoms with van der Waals surface area (Å²) in [6.07, 6.45) is 1.50. The van der Waals surface area contributed by atoms with Crippen molar-refractivity contribution >= 4 is 11.0 Å². The summed E-state index contributed by atoms with van der Waals surface area (Å²) in [6, 6.07) is 20.4. The van der Waals surface area contributed by atoms with Gasteiger partial charge in [0.1, 0.15) is 11.6 Å². The molecule has 0 fully saturated rings. The third kappa shape index (κ3) is 3.74. The molecule has 4 aromatic rings. The fraction of sp³-hybridized carbons (Fsp3) is 0.174. The molecule has 5 heteroatoms. The molecule has 3 aromatic carbocycles. The zero-order valence-electron chi connectivity index (χ0n) is 15.2. The number of imidazole rings is 1. The number of aryl methyl sites for hydroxylation is 1. The van der Waals surface area contributed by atoms with Crippen molar-refractivity contribution in [3.63, 3.8) is 0 Å². The van der Waals surface area contributed by atoms with Crippen molar-refractivity contribution in [2.24, 2.45) is 0 Å². The van der Waals surface area contributed by atoms with Crippen molar-refractivity contribution in [2.45, 2.75) is 25.3 Å². The first-order chi connectivity index (χ1) is 13.6. The molecule has 1 aromatic heterocycles. The molecule has 0 bridgehead atoms. The van der Waals surface area contributed by atoms with Crippen LogP contribution < -0.4 is 5.69 Å². The number of aromatic amines is 1. The molecule has 0 unspecified atom stereocenters. The van der Waals surface area contributed by atoms with Gasteiger partial charge in [-0.15, -0.1) is 0 Å². The molecule has 1 N–H and O–H groups in total. The summed E-state index contributed by atoms with van der Waals surface area (Å²) >= 11 is 0. The van der Waals surface area contributed by atoms with Crippen molar-refractivity contribution < 1.29 is 8.78 Å². The predicted octanol–water partition coefficient (Wildman–Crippen LogP) is 5.22. The van der Waals surface area contributed by atoms with Crippen LogP contribution in [0.5, 0.6) is 0 Å². The Bertz CT molecular complexity index is 1080. The maximum absolute atomic E-state index is 13.3. The topological polar surface area (TPSA) is 37.8 Å². The fourth-order valence-electron chi connectivity index (χ4n) is 3.70. The number of hydrogen-bond acceptors (Lipinski definition) is 1. The number of nitrogens with one attached hydrogen (secondary N) is 1. The van der Waals surface area contributed by atoms with E-state index in [1.807, 2.05) is 24.3 Å². The van der Waals surface area contributed by atoms with E-state index in [-0.39, 0.29) is 23.2 Å². The maximum atomic E-state index is 13.3. The molecular weight excluding hydrogens is 358 g/mol. The van der Waals surface area contributed by atoms with E-state index in [0.29, 0.717) is 6.54 Å². The van der Waals surface area contributed by atoms with Gasteiger partial charge in [0.05, 0.1) is 11.0 Å². The van der Waals surface area contributed by atoms with Gasteiger partial charge in [0.15, 0.2) is 0 Å². The first-order valence-electron chi connectivity index (χ1n) is 9.30. The Labute approximate surface area is 161 Å². The van der Waals surface area contributed by atoms with Crippen molar-refractivity contribution in [3.05, 3.63) is 106 Å². The third-order valence-corrected chi connectivity index (χ3v) is 5.10. The molecular formula is C23H20F2N2O. The van der Waals surface area contributed by atoms with E-state index >= 15 is 0 Å². The maximum Gasteiger partial charge on any atom is 0.326 e. The number of aromatic nitrogens is 2. The minimum absolute atomic E-state index is 0.00195. The van der Waals surface area contributed by atoms with Gasteiger partial charge in [-0.2, -0.15) is 0 Å². The van der Waals surface area contributed by atoms with Crippen LogP contribution in [-0.2, 0) is 6.54 Å². The first-order valence-corrected chi connectivity index (χ1v) is 9.30. The van der Waals surface area contributed by atoms with E-state index in [0.717, 1.165) is 35.0 Å². The smallest absolute Gasteiger partial charge is 0.306 e. The highest BCUT2D eigenvalue weighted by atomic mass is 19.1. The van der Waals surface area contributed by atoms with Gasteiger partial charge in [-0.25, -0.2) is 13.6 Å². The molecule has 142 valence electrons. The minimum Gasteiger partial charge on any atom is -0.306 e. The molecule has 0 aliphatic rings. The standard InChI is InChI=1S/C23H20F2N2O/c24-18-11-7-16(8-12-18)20(17-9-13-19(25)14-10-17)4-3-15-27-22-6-2-1-5-21(22)26-23(27)28/h1-2,5-14,20H,3-4,15H2,(H,26,28). The monoisotopic (exact) mass is 378 g/mol. The lowest BCUT2D eigenvalue weighted by Gasteiger charge is -2.18. The summed E-state index contributed by atoms with van der Waals surface area (Å²) < 4.78 is 28.4. The van der Waals surface area contributed by atoms with Crippen LogP contribution in [0.1, 0.15) is 29.9 Å². The molecule has 0 saturated carbocycles. The second-order valence-corrected chi connectivity index (χ2v) is 6.90. The van der Waals surface area contributed by atoms with Crippen molar-refractivity contribution in [1.82, 2.24) is 9.55 Å². The van der Waals surface area contributed by atoms with Crippen LogP contribution in [0.4, 0.5) is 8.78 Å². The van der Waals surface area contributed by atoms with E-state index in [2.05, 4.69) is 4.98 Å². The lowest BCUT2D eigenvalue weighted by molar-refractivity contribution is 0.572. The Kier molecular flexibility index (Phi) is 5.06. The average Bonchev–Trinajstić information content (AvgIpc) is 3.02. The Balaban J connectivity index is 1.57. The van der Waals surface area contributed by atoms with Gasteiger partial charge < -0.3 is 4.98 Å². The summed E-state index contributed by atoms with van der Waals surface area (Å²) in [6.45, 7) is 0.571. The summed E-state index contributed by atoms with van der Waals surface area (Å²) in [5.74, 6) is -0.569. The van der Waals surface area contributed by atoms with Gasteiger partial charge in [0.25, 0.3) is 0 Å². The van der Waals surface area contributed by atoms with Gasteiger partial charge in [-0.05, 0) is 60.4 Å². The van der Waals surface area contributed by atoms with Crippen LogP contribution in [0.3, 0.4) is 0 Å². The number of hydrogen-bond donors (Lipinski definition) is 1. The Morgan fingerprint density at radius 2 is 1.39 bits per heavy atom. The SMILES string of the molecule is O=c1[nH]c2ccccc2n1CCCC(c1ccc(F)cc1)c1ccc(F)cc1. The van der Waals surface area contributed by atoms with Crippen LogP contribution >= 0.6 is 0 Å². The van der Waals surface area contributed by atoms with Crippen LogP contribution in [0.2, 0.25) is 0 Å². The van der Waals surface area contributed by atoms with Crippen LogP contribution in [0.15, 0.2) is 77.6 Å². The summed E-state index contributed by atoms with van der Waals surface area (Å²) in [5.41, 5.74) is 3.52. The lowest BCUT2D eigenvalue weighted by atomic mass is 9.87. The highest BCUT2D eigenvalue weighted by Gasteiger charge is 2.15. The number of halogens is 2. The highest BCUT2D eigenvalue weighted by molar-refractivity contribution is 5.74. The summed E-state index contributed by atoms with van der Waals surface area (Å²) in [4.78, 5) is 15.1. The zero-order chi connectivity index (χ0) is 19.5. The van der Waals surface area contributed by atoms with Gasteiger partial charge in [0.2, 0.25) is 0 Å². The molecule has 0 spiro atoms. The Morgan fingerprint density at radius 1 is 0.821 bits per heavy atom. The normalized spacial score (nSPS) is 11.4. The number of para-hydroxylation sites is 2. The number of H-pyrrole nitrogens is 1. The van der Waals surface area contributed by atoms with E-state index in [1.165, 1.54) is 24.3 Å². The number of benzene rings is 3. The molecule has 4 rings (SSSR count). The summed E-state index contributed by atoms with van der Waals surface area (Å²) in [5, 5.41) is 0. The molecule has 28 heavy (non-hydrogen) atoms. The predicted molar refractivity (Wildman–Crippen MR) is 106 cm³/mol. The Hall–Kier alpha value is -3.21. The van der Waals surface area contributed by atoms with E-state index in [4.69, 9.17) is 0 Å². The van der Waals surface area contributed by atoms with Crippen LogP contribution in [0, 0.1) is 11.6 Å². The average molecular weight is 378 g/mol. The summed E-state index contributed by atoms with van der Waals surface area (Å²) in [7, 11) is 0. The molecule has 0 atom stereocenters. The number of fused-ring (bicyclic) bond motifs is 1. The van der Waals surface area contributed by atoms with Gasteiger partial charge >= 0.3 is 5.69 Å². The fourth-order valence-corrected chi connectivity index (χ4v) is 3.70. The first kappa shape index (κ1) is 18.2. The molecule has 0 amide bonds. The van der Waals surface area contributed by atoms with Crippen molar-refractivity contribution in [1.29, 1.82) is 0 Å². The van der Waals surface area contributed by atoms with Gasteiger partial charge in [-0.3, -0.25) is 4.57 Å². The number of nitrogens with zero attached hydrogens (tertiary/aromatic N) is 1. The highest BCUT2D eigenvalue weighted by Crippen LogP contribution is 2.30. The van der Waals surface area contributed by atoms with Crippen molar-refractivity contribution in [2.75, 3.05) is 0 Å². The molecule has 3 nitrogen and oxygen atoms in total. The lowest BCUT2D eigenvalue weighted by Crippen LogP contribution is -2.17. The number of rotatable bonds is 6. The third-order valence-electron chi connectivity index (χ3n) is 5.10. The van der Waals surface area contributed by atoms with E-state index < -0.39 is 0 Å². The minimum atomic E-state index is -0.285. The molecule has 0 aliphatic carbocycles. The molecule has 0 aliphatic heterocycles. The second kappa shape index (κ2) is 7.80. The molecule has 1 heterocycles. The van der Waals surface area contributed by atoms with Gasteiger partial charge in [0, 0.05) is 12.5 Å². The van der Waals surface area contributed by atoms with E-state index in [1.54, 1.807) is 28.8 Å². The largest absolute Gasteiger partial charge is 0.326 e. The van der Waals surface area contributed by atoms with Gasteiger partial charge in [-0.1, -0.05) is 36.4 Å². The van der Waals surface area contributed by atoms with Crippen molar-refractivity contribution in [3.8, 4) is 0 Å². The molecule has 0 saturated heterocycles. The Morgan fingerprint density at radius 3 is 2.00 bits per heavy atom. The quantitative estimate of drug-likeness (QED) is 0.491. The van der Waals surface area contributed by atoms with Crippen LogP contribution in [0.25, 0.3) is 11.0 Å². The second-order valence-electron chi connectivity index (χ2n) is 6.90. The van der Waals surface area contributed by atoms with E-state index in [9.17, 15) is 13.6 Å².